The number of pyridine rings is 1. The molecule has 0 unspecified atom stereocenters. The van der Waals surface area contributed by atoms with Gasteiger partial charge in [-0.2, -0.15) is 13.2 Å². The van der Waals surface area contributed by atoms with E-state index in [0.29, 0.717) is 10.8 Å². The topological polar surface area (TPSA) is 30.7 Å². The van der Waals surface area contributed by atoms with E-state index in [-0.39, 0.29) is 5.02 Å². The monoisotopic (exact) mass is 321 g/mol. The quantitative estimate of drug-likeness (QED) is 0.788. The van der Waals surface area contributed by atoms with Crippen LogP contribution in [0.4, 0.5) is 13.2 Å². The summed E-state index contributed by atoms with van der Waals surface area (Å²) in [4.78, 5) is 7.95. The van der Waals surface area contributed by atoms with Gasteiger partial charge in [-0.15, -0.1) is 0 Å². The van der Waals surface area contributed by atoms with Crippen LogP contribution in [0.2, 0.25) is 5.02 Å². The molecule has 2 heterocycles. The number of hydrogen-bond acceptors (Lipinski definition) is 3. The Hall–Kier alpha value is -1.21. The summed E-state index contributed by atoms with van der Waals surface area (Å²) < 4.78 is 39.4. The first-order chi connectivity index (χ1) is 9.41. The third-order valence-corrected chi connectivity index (χ3v) is 4.02. The van der Waals surface area contributed by atoms with E-state index in [0.717, 1.165) is 24.6 Å². The Balaban J connectivity index is 2.11. The molecular weight excluding hydrogens is 311 g/mol. The molecule has 20 heavy (non-hydrogen) atoms. The van der Waals surface area contributed by atoms with Crippen molar-refractivity contribution < 1.29 is 13.2 Å². The van der Waals surface area contributed by atoms with E-state index in [4.69, 9.17) is 11.6 Å². The lowest BCUT2D eigenvalue weighted by atomic mass is 10.3. The zero-order chi connectivity index (χ0) is 14.8. The fraction of sp³-hybridized carbons (Fsp3) is 0.333. The molecule has 0 amide bonds. The molecule has 0 fully saturated rings. The van der Waals surface area contributed by atoms with Crippen LogP contribution in [0.15, 0.2) is 29.7 Å². The van der Waals surface area contributed by atoms with Crippen molar-refractivity contribution in [3.05, 3.63) is 41.1 Å². The summed E-state index contributed by atoms with van der Waals surface area (Å²) in [5.74, 6) is 1.33. The van der Waals surface area contributed by atoms with Crippen molar-refractivity contribution in [2.24, 2.45) is 0 Å². The average Bonchev–Trinajstić information content (AvgIpc) is 2.83. The first kappa shape index (κ1) is 15.2. The minimum Gasteiger partial charge on any atom is -0.335 e. The number of halogens is 4. The third kappa shape index (κ3) is 3.46. The molecular formula is C12H11ClF3N3S. The fourth-order valence-electron chi connectivity index (χ4n) is 1.59. The molecule has 0 aliphatic carbocycles. The average molecular weight is 322 g/mol. The van der Waals surface area contributed by atoms with Gasteiger partial charge in [-0.1, -0.05) is 23.4 Å². The summed E-state index contributed by atoms with van der Waals surface area (Å²) in [5, 5.41) is 0.366. The van der Waals surface area contributed by atoms with Gasteiger partial charge in [-0.25, -0.2) is 9.97 Å². The molecule has 3 nitrogen and oxygen atoms in total. The standard InChI is InChI=1S/C12H11ClF3N3S/c1-2-19-4-3-17-10(19)7-20-11-9(13)5-8(6-18-11)12(14,15)16/h3-6H,2,7H2,1H3. The zero-order valence-corrected chi connectivity index (χ0v) is 12.1. The van der Waals surface area contributed by atoms with Crippen LogP contribution in [0.5, 0.6) is 0 Å². The van der Waals surface area contributed by atoms with Gasteiger partial charge in [-0.3, -0.25) is 0 Å². The van der Waals surface area contributed by atoms with Crippen LogP contribution in [0.1, 0.15) is 18.3 Å². The Morgan fingerprint density at radius 2 is 2.10 bits per heavy atom. The van der Waals surface area contributed by atoms with Crippen LogP contribution >= 0.6 is 23.4 Å². The van der Waals surface area contributed by atoms with Crippen LogP contribution < -0.4 is 0 Å². The molecule has 0 atom stereocenters. The van der Waals surface area contributed by atoms with Crippen LogP contribution in [-0.2, 0) is 18.5 Å². The highest BCUT2D eigenvalue weighted by atomic mass is 35.5. The van der Waals surface area contributed by atoms with Crippen molar-refractivity contribution in [1.29, 1.82) is 0 Å². The van der Waals surface area contributed by atoms with E-state index >= 15 is 0 Å². The smallest absolute Gasteiger partial charge is 0.335 e. The van der Waals surface area contributed by atoms with Crippen molar-refractivity contribution >= 4 is 23.4 Å². The molecule has 0 aliphatic heterocycles. The number of imidazole rings is 1. The second-order valence-corrected chi connectivity index (χ2v) is 5.30. The number of aryl methyl sites for hydroxylation is 1. The summed E-state index contributed by atoms with van der Waals surface area (Å²) in [7, 11) is 0. The van der Waals surface area contributed by atoms with E-state index in [1.165, 1.54) is 11.8 Å². The Kier molecular flexibility index (Phi) is 4.59. The summed E-state index contributed by atoms with van der Waals surface area (Å²) in [5.41, 5.74) is -0.845. The Bertz CT molecular complexity index is 598. The summed E-state index contributed by atoms with van der Waals surface area (Å²) in [6.07, 6.45) is -0.113. The molecule has 0 aliphatic rings. The number of nitrogens with zero attached hydrogens (tertiary/aromatic N) is 3. The number of rotatable bonds is 4. The Morgan fingerprint density at radius 1 is 1.35 bits per heavy atom. The number of thioether (sulfide) groups is 1. The largest absolute Gasteiger partial charge is 0.417 e. The molecule has 108 valence electrons. The Labute approximate surface area is 123 Å². The van der Waals surface area contributed by atoms with Crippen LogP contribution in [0.25, 0.3) is 0 Å². The highest BCUT2D eigenvalue weighted by Crippen LogP contribution is 2.34. The van der Waals surface area contributed by atoms with Gasteiger partial charge < -0.3 is 4.57 Å². The van der Waals surface area contributed by atoms with Gasteiger partial charge in [0.25, 0.3) is 0 Å². The van der Waals surface area contributed by atoms with Crippen LogP contribution in [0.3, 0.4) is 0 Å². The molecule has 0 saturated heterocycles. The van der Waals surface area contributed by atoms with Crippen molar-refractivity contribution in [3.8, 4) is 0 Å². The second-order valence-electron chi connectivity index (χ2n) is 3.93. The number of alkyl halides is 3. The van der Waals surface area contributed by atoms with Gasteiger partial charge in [0, 0.05) is 25.1 Å². The molecule has 2 aromatic heterocycles. The lowest BCUT2D eigenvalue weighted by Crippen LogP contribution is -2.05. The molecule has 8 heteroatoms. The Morgan fingerprint density at radius 3 is 2.70 bits per heavy atom. The van der Waals surface area contributed by atoms with E-state index in [2.05, 4.69) is 9.97 Å². The van der Waals surface area contributed by atoms with Gasteiger partial charge >= 0.3 is 6.18 Å². The molecule has 2 rings (SSSR count). The minimum atomic E-state index is -4.43. The minimum absolute atomic E-state index is 0.000528. The molecule has 0 N–H and O–H groups in total. The van der Waals surface area contributed by atoms with E-state index < -0.39 is 11.7 Å². The second kappa shape index (κ2) is 6.05. The zero-order valence-electron chi connectivity index (χ0n) is 10.5. The molecule has 0 spiro atoms. The van der Waals surface area contributed by atoms with Crippen molar-refractivity contribution in [1.82, 2.24) is 14.5 Å². The molecule has 0 bridgehead atoms. The predicted molar refractivity (Wildman–Crippen MR) is 71.7 cm³/mol. The van der Waals surface area contributed by atoms with Crippen molar-refractivity contribution in [2.75, 3.05) is 0 Å². The maximum atomic E-state index is 12.5. The summed E-state index contributed by atoms with van der Waals surface area (Å²) in [6, 6.07) is 0.892. The van der Waals surface area contributed by atoms with Gasteiger partial charge in [0.15, 0.2) is 0 Å². The molecule has 0 aromatic carbocycles. The summed E-state index contributed by atoms with van der Waals surface area (Å²) in [6.45, 7) is 2.77. The lowest BCUT2D eigenvalue weighted by Gasteiger charge is -2.09. The molecule has 2 aromatic rings. The van der Waals surface area contributed by atoms with E-state index in [1.54, 1.807) is 6.20 Å². The maximum absolute atomic E-state index is 12.5. The van der Waals surface area contributed by atoms with Crippen molar-refractivity contribution in [3.63, 3.8) is 0 Å². The van der Waals surface area contributed by atoms with Gasteiger partial charge in [0.05, 0.1) is 16.3 Å². The fourth-order valence-corrected chi connectivity index (χ4v) is 2.75. The van der Waals surface area contributed by atoms with Crippen molar-refractivity contribution in [2.45, 2.75) is 30.4 Å². The number of aromatic nitrogens is 3. The lowest BCUT2D eigenvalue weighted by molar-refractivity contribution is -0.137. The SMILES string of the molecule is CCn1ccnc1CSc1ncc(C(F)(F)F)cc1Cl. The molecule has 0 radical (unpaired) electrons. The first-order valence-electron chi connectivity index (χ1n) is 5.77. The van der Waals surface area contributed by atoms with E-state index in [1.807, 2.05) is 17.7 Å². The van der Waals surface area contributed by atoms with Crippen LogP contribution in [-0.4, -0.2) is 14.5 Å². The predicted octanol–water partition coefficient (Wildman–Crippen LogP) is 4.26. The summed E-state index contributed by atoms with van der Waals surface area (Å²) >= 11 is 7.10. The van der Waals surface area contributed by atoms with Crippen LogP contribution in [0, 0.1) is 0 Å². The highest BCUT2D eigenvalue weighted by molar-refractivity contribution is 7.98. The van der Waals surface area contributed by atoms with Gasteiger partial charge in [0.1, 0.15) is 10.9 Å². The third-order valence-electron chi connectivity index (χ3n) is 2.62. The van der Waals surface area contributed by atoms with Gasteiger partial charge in [-0.05, 0) is 13.0 Å². The van der Waals surface area contributed by atoms with E-state index in [9.17, 15) is 13.2 Å². The van der Waals surface area contributed by atoms with Gasteiger partial charge in [0.2, 0.25) is 0 Å². The maximum Gasteiger partial charge on any atom is 0.417 e. The first-order valence-corrected chi connectivity index (χ1v) is 7.13. The highest BCUT2D eigenvalue weighted by Gasteiger charge is 2.31. The number of hydrogen-bond donors (Lipinski definition) is 0. The normalized spacial score (nSPS) is 11.8. The molecule has 0 saturated carbocycles.